The van der Waals surface area contributed by atoms with E-state index >= 15 is 0 Å². The van der Waals surface area contributed by atoms with E-state index in [4.69, 9.17) is 11.6 Å². The molecule has 3 heteroatoms. The summed E-state index contributed by atoms with van der Waals surface area (Å²) in [4.78, 5) is 8.18. The lowest BCUT2D eigenvalue weighted by Crippen LogP contribution is -1.93. The predicted octanol–water partition coefficient (Wildman–Crippen LogP) is 3.67. The summed E-state index contributed by atoms with van der Waals surface area (Å²) in [5.41, 5.74) is 2.61. The first-order valence-corrected chi connectivity index (χ1v) is 5.07. The van der Waals surface area contributed by atoms with Crippen LogP contribution in [-0.2, 0) is 0 Å². The van der Waals surface area contributed by atoms with Crippen molar-refractivity contribution in [3.63, 3.8) is 0 Å². The van der Waals surface area contributed by atoms with Crippen molar-refractivity contribution in [1.29, 1.82) is 0 Å². The molecule has 1 heterocycles. The van der Waals surface area contributed by atoms with Crippen LogP contribution in [0.4, 0.5) is 0 Å². The molecule has 0 aliphatic rings. The van der Waals surface area contributed by atoms with Crippen LogP contribution in [0.2, 0.25) is 5.15 Å². The van der Waals surface area contributed by atoms with Gasteiger partial charge in [0.05, 0.1) is 0 Å². The van der Waals surface area contributed by atoms with Gasteiger partial charge in [-0.1, -0.05) is 43.8 Å². The van der Waals surface area contributed by atoms with Gasteiger partial charge in [-0.15, -0.1) is 0 Å². The number of halogens is 1. The zero-order valence-corrected chi connectivity index (χ0v) is 9.46. The molecule has 0 atom stereocenters. The van der Waals surface area contributed by atoms with E-state index in [1.54, 1.807) is 24.5 Å². The molecule has 0 amide bonds. The summed E-state index contributed by atoms with van der Waals surface area (Å²) in [6.45, 7) is 9.57. The van der Waals surface area contributed by atoms with Gasteiger partial charge in [0, 0.05) is 18.0 Å². The molecule has 0 saturated carbocycles. The molecule has 2 nitrogen and oxygen atoms in total. The van der Waals surface area contributed by atoms with Crippen molar-refractivity contribution in [2.24, 2.45) is 0 Å². The van der Waals surface area contributed by atoms with Crippen molar-refractivity contribution < 1.29 is 0 Å². The standard InChI is InChI=1S/C12H13ClN2/c1-4-9(5-2)10(6-3)11-12(13)15-8-7-14-11/h4,6-8H,1,3,5H2,2H3/b10-9-. The zero-order valence-electron chi connectivity index (χ0n) is 8.70. The summed E-state index contributed by atoms with van der Waals surface area (Å²) in [6, 6.07) is 0. The Bertz CT molecular complexity index is 408. The van der Waals surface area contributed by atoms with Crippen molar-refractivity contribution in [2.45, 2.75) is 13.3 Å². The fourth-order valence-corrected chi connectivity index (χ4v) is 1.53. The van der Waals surface area contributed by atoms with E-state index in [9.17, 15) is 0 Å². The maximum atomic E-state index is 5.97. The van der Waals surface area contributed by atoms with Crippen molar-refractivity contribution in [1.82, 2.24) is 9.97 Å². The second-order valence-electron chi connectivity index (χ2n) is 2.90. The average Bonchev–Trinajstić information content (AvgIpc) is 2.27. The van der Waals surface area contributed by atoms with Gasteiger partial charge in [-0.2, -0.15) is 0 Å². The van der Waals surface area contributed by atoms with E-state index in [0.29, 0.717) is 10.8 Å². The summed E-state index contributed by atoms with van der Waals surface area (Å²) in [6.07, 6.45) is 7.56. The summed E-state index contributed by atoms with van der Waals surface area (Å²) in [5, 5.41) is 0.389. The van der Waals surface area contributed by atoms with Crippen molar-refractivity contribution in [3.05, 3.63) is 54.1 Å². The Morgan fingerprint density at radius 2 is 2.00 bits per heavy atom. The van der Waals surface area contributed by atoms with E-state index in [1.165, 1.54) is 0 Å². The highest BCUT2D eigenvalue weighted by molar-refractivity contribution is 6.31. The van der Waals surface area contributed by atoms with Crippen molar-refractivity contribution >= 4 is 17.2 Å². The van der Waals surface area contributed by atoms with E-state index < -0.39 is 0 Å². The lowest BCUT2D eigenvalue weighted by atomic mass is 10.0. The second kappa shape index (κ2) is 5.47. The molecule has 1 aromatic rings. The molecule has 0 aliphatic carbocycles. The predicted molar refractivity (Wildman–Crippen MR) is 64.6 cm³/mol. The molecule has 0 radical (unpaired) electrons. The Labute approximate surface area is 95.0 Å². The minimum Gasteiger partial charge on any atom is -0.251 e. The van der Waals surface area contributed by atoms with Gasteiger partial charge >= 0.3 is 0 Å². The van der Waals surface area contributed by atoms with Crippen LogP contribution in [0.25, 0.3) is 5.57 Å². The first kappa shape index (κ1) is 11.7. The molecule has 0 aliphatic heterocycles. The van der Waals surface area contributed by atoms with Gasteiger partial charge in [-0.3, -0.25) is 4.98 Å². The number of nitrogens with zero attached hydrogens (tertiary/aromatic N) is 2. The highest BCUT2D eigenvalue weighted by Crippen LogP contribution is 2.25. The fraction of sp³-hybridized carbons (Fsp3) is 0.167. The smallest absolute Gasteiger partial charge is 0.155 e. The number of rotatable bonds is 4. The third-order valence-corrected chi connectivity index (χ3v) is 2.36. The molecular weight excluding hydrogens is 208 g/mol. The van der Waals surface area contributed by atoms with Crippen molar-refractivity contribution in [2.75, 3.05) is 0 Å². The summed E-state index contributed by atoms with van der Waals surface area (Å²) >= 11 is 5.97. The van der Waals surface area contributed by atoms with Crippen LogP contribution in [0.5, 0.6) is 0 Å². The van der Waals surface area contributed by atoms with Crippen LogP contribution in [0.1, 0.15) is 19.0 Å². The lowest BCUT2D eigenvalue weighted by molar-refractivity contribution is 1.13. The molecule has 0 unspecified atom stereocenters. The topological polar surface area (TPSA) is 25.8 Å². The minimum atomic E-state index is 0.389. The normalized spacial score (nSPS) is 11.9. The first-order valence-electron chi connectivity index (χ1n) is 4.69. The SMILES string of the molecule is C=C/C(CC)=C(\C=C)c1nccnc1Cl. The van der Waals surface area contributed by atoms with E-state index in [-0.39, 0.29) is 0 Å². The van der Waals surface area contributed by atoms with E-state index in [2.05, 4.69) is 23.1 Å². The van der Waals surface area contributed by atoms with E-state index in [0.717, 1.165) is 17.6 Å². The molecule has 0 aromatic carbocycles. The molecule has 0 spiro atoms. The molecule has 78 valence electrons. The molecule has 0 bridgehead atoms. The van der Waals surface area contributed by atoms with Crippen LogP contribution in [-0.4, -0.2) is 9.97 Å². The number of allylic oxidation sites excluding steroid dienone is 4. The van der Waals surface area contributed by atoms with Gasteiger partial charge in [0.1, 0.15) is 5.69 Å². The Morgan fingerprint density at radius 1 is 1.33 bits per heavy atom. The molecule has 0 fully saturated rings. The average molecular weight is 221 g/mol. The summed E-state index contributed by atoms with van der Waals surface area (Å²) < 4.78 is 0. The summed E-state index contributed by atoms with van der Waals surface area (Å²) in [7, 11) is 0. The fourth-order valence-electron chi connectivity index (χ4n) is 1.33. The number of hydrogen-bond donors (Lipinski definition) is 0. The third-order valence-electron chi connectivity index (χ3n) is 2.09. The Balaban J connectivity index is 3.36. The van der Waals surface area contributed by atoms with Crippen molar-refractivity contribution in [3.8, 4) is 0 Å². The van der Waals surface area contributed by atoms with Crippen LogP contribution < -0.4 is 0 Å². The molecule has 1 aromatic heterocycles. The highest BCUT2D eigenvalue weighted by atomic mass is 35.5. The molecular formula is C12H13ClN2. The van der Waals surface area contributed by atoms with Gasteiger partial charge < -0.3 is 0 Å². The van der Waals surface area contributed by atoms with Gasteiger partial charge in [0.25, 0.3) is 0 Å². The third kappa shape index (κ3) is 2.54. The molecule has 1 rings (SSSR count). The minimum absolute atomic E-state index is 0.389. The van der Waals surface area contributed by atoms with E-state index in [1.807, 2.05) is 6.92 Å². The zero-order chi connectivity index (χ0) is 11.3. The molecule has 15 heavy (non-hydrogen) atoms. The van der Waals surface area contributed by atoms with Gasteiger partial charge in [0.2, 0.25) is 0 Å². The van der Waals surface area contributed by atoms with Crippen LogP contribution in [0.3, 0.4) is 0 Å². The van der Waals surface area contributed by atoms with Gasteiger partial charge in [0.15, 0.2) is 5.15 Å². The lowest BCUT2D eigenvalue weighted by Gasteiger charge is -2.07. The highest BCUT2D eigenvalue weighted by Gasteiger charge is 2.08. The second-order valence-corrected chi connectivity index (χ2v) is 3.25. The monoisotopic (exact) mass is 220 g/mol. The maximum absolute atomic E-state index is 5.97. The number of aromatic nitrogens is 2. The van der Waals surface area contributed by atoms with Gasteiger partial charge in [-0.25, -0.2) is 4.98 Å². The molecule has 0 saturated heterocycles. The Kier molecular flexibility index (Phi) is 4.25. The van der Waals surface area contributed by atoms with Crippen LogP contribution >= 0.6 is 11.6 Å². The van der Waals surface area contributed by atoms with Crippen LogP contribution in [0.15, 0.2) is 43.3 Å². The maximum Gasteiger partial charge on any atom is 0.155 e. The quantitative estimate of drug-likeness (QED) is 0.724. The largest absolute Gasteiger partial charge is 0.251 e. The van der Waals surface area contributed by atoms with Gasteiger partial charge in [-0.05, 0) is 12.0 Å². The Hall–Kier alpha value is -1.41. The van der Waals surface area contributed by atoms with Crippen LogP contribution in [0, 0.1) is 0 Å². The summed E-state index contributed by atoms with van der Waals surface area (Å²) in [5.74, 6) is 0. The molecule has 0 N–H and O–H groups in total. The number of hydrogen-bond acceptors (Lipinski definition) is 2. The first-order chi connectivity index (χ1) is 7.24. The Morgan fingerprint density at radius 3 is 2.47 bits per heavy atom.